The number of nitrogens with one attached hydrogen (secondary N) is 1. The van der Waals surface area contributed by atoms with Crippen LogP contribution in [0.4, 0.5) is 11.4 Å². The minimum atomic E-state index is -0.320. The molecule has 23 heavy (non-hydrogen) atoms. The second-order valence-electron chi connectivity index (χ2n) is 5.25. The van der Waals surface area contributed by atoms with Crippen molar-refractivity contribution in [2.45, 2.75) is 0 Å². The van der Waals surface area contributed by atoms with E-state index in [9.17, 15) is 4.79 Å². The molecule has 4 aromatic rings. The van der Waals surface area contributed by atoms with Gasteiger partial charge in [0.25, 0.3) is 0 Å². The molecule has 3 aromatic carbocycles. The fraction of sp³-hybridized carbons (Fsp3) is 0. The summed E-state index contributed by atoms with van der Waals surface area (Å²) in [6, 6.07) is 20.6. The predicted octanol–water partition coefficient (Wildman–Crippen LogP) is 5.34. The molecule has 112 valence electrons. The van der Waals surface area contributed by atoms with Gasteiger partial charge in [0.2, 0.25) is 0 Å². The summed E-state index contributed by atoms with van der Waals surface area (Å²) < 4.78 is 5.39. The van der Waals surface area contributed by atoms with Crippen molar-refractivity contribution in [3.8, 4) is 0 Å². The molecule has 4 heteroatoms. The third-order valence-corrected chi connectivity index (χ3v) is 4.10. The van der Waals surface area contributed by atoms with Crippen LogP contribution < -0.4 is 10.9 Å². The lowest BCUT2D eigenvalue weighted by Crippen LogP contribution is -1.99. The van der Waals surface area contributed by atoms with Crippen LogP contribution in [0.15, 0.2) is 75.9 Å². The molecule has 1 aromatic heterocycles. The van der Waals surface area contributed by atoms with Crippen molar-refractivity contribution in [3.63, 3.8) is 0 Å². The molecule has 0 unspecified atom stereocenters. The highest BCUT2D eigenvalue weighted by Crippen LogP contribution is 2.29. The van der Waals surface area contributed by atoms with Crippen LogP contribution in [0.2, 0.25) is 5.02 Å². The third-order valence-electron chi connectivity index (χ3n) is 3.77. The Kier molecular flexibility index (Phi) is 3.28. The molecule has 4 rings (SSSR count). The maximum atomic E-state index is 12.0. The van der Waals surface area contributed by atoms with Crippen LogP contribution in [0, 0.1) is 0 Å². The van der Waals surface area contributed by atoms with Crippen molar-refractivity contribution in [3.05, 3.63) is 82.2 Å². The summed E-state index contributed by atoms with van der Waals surface area (Å²) in [5, 5.41) is 6.28. The fourth-order valence-corrected chi connectivity index (χ4v) is 2.86. The molecule has 0 saturated heterocycles. The first-order valence-corrected chi connectivity index (χ1v) is 7.57. The second-order valence-corrected chi connectivity index (χ2v) is 5.66. The Hall–Kier alpha value is -2.78. The van der Waals surface area contributed by atoms with Crippen LogP contribution in [0.3, 0.4) is 0 Å². The largest absolute Gasteiger partial charge is 0.422 e. The van der Waals surface area contributed by atoms with Crippen molar-refractivity contribution in [1.29, 1.82) is 0 Å². The maximum Gasteiger partial charge on any atom is 0.344 e. The Labute approximate surface area is 137 Å². The Morgan fingerprint density at radius 2 is 1.57 bits per heavy atom. The molecule has 1 N–H and O–H groups in total. The van der Waals surface area contributed by atoms with E-state index in [0.29, 0.717) is 16.0 Å². The van der Waals surface area contributed by atoms with Crippen LogP contribution in [0.1, 0.15) is 0 Å². The normalized spacial score (nSPS) is 11.0. The molecule has 0 saturated carbocycles. The van der Waals surface area contributed by atoms with E-state index in [1.807, 2.05) is 54.6 Å². The van der Waals surface area contributed by atoms with Gasteiger partial charge in [-0.1, -0.05) is 41.9 Å². The van der Waals surface area contributed by atoms with E-state index in [4.69, 9.17) is 16.0 Å². The minimum absolute atomic E-state index is 0.320. The van der Waals surface area contributed by atoms with Gasteiger partial charge >= 0.3 is 5.63 Å². The summed E-state index contributed by atoms with van der Waals surface area (Å²) in [4.78, 5) is 12.0. The highest BCUT2D eigenvalue weighted by Gasteiger charge is 2.08. The predicted molar refractivity (Wildman–Crippen MR) is 94.7 cm³/mol. The van der Waals surface area contributed by atoms with Crippen LogP contribution in [-0.2, 0) is 0 Å². The van der Waals surface area contributed by atoms with E-state index in [0.717, 1.165) is 22.1 Å². The summed E-state index contributed by atoms with van der Waals surface area (Å²) in [7, 11) is 0. The van der Waals surface area contributed by atoms with Crippen molar-refractivity contribution >= 4 is 44.7 Å². The SMILES string of the molecule is O=c1oc2ccc(Nc3ccccc3Cl)cc2c2ccccc12. The van der Waals surface area contributed by atoms with Gasteiger partial charge in [-0.05, 0) is 41.8 Å². The number of hydrogen-bond donors (Lipinski definition) is 1. The lowest BCUT2D eigenvalue weighted by atomic mass is 10.1. The lowest BCUT2D eigenvalue weighted by Gasteiger charge is -2.09. The average molecular weight is 322 g/mol. The minimum Gasteiger partial charge on any atom is -0.422 e. The molecule has 0 atom stereocenters. The summed E-state index contributed by atoms with van der Waals surface area (Å²) in [6.07, 6.45) is 0. The van der Waals surface area contributed by atoms with Crippen molar-refractivity contribution in [2.75, 3.05) is 5.32 Å². The zero-order chi connectivity index (χ0) is 15.8. The Morgan fingerprint density at radius 3 is 2.39 bits per heavy atom. The van der Waals surface area contributed by atoms with Gasteiger partial charge in [0.1, 0.15) is 5.58 Å². The fourth-order valence-electron chi connectivity index (χ4n) is 2.68. The molecule has 0 spiro atoms. The molecule has 0 aliphatic rings. The smallest absolute Gasteiger partial charge is 0.344 e. The van der Waals surface area contributed by atoms with Gasteiger partial charge in [0.15, 0.2) is 0 Å². The highest BCUT2D eigenvalue weighted by molar-refractivity contribution is 6.33. The topological polar surface area (TPSA) is 42.2 Å². The first kappa shape index (κ1) is 13.9. The Balaban J connectivity index is 1.91. The van der Waals surface area contributed by atoms with E-state index in [2.05, 4.69) is 5.32 Å². The quantitative estimate of drug-likeness (QED) is 0.400. The molecule has 0 bridgehead atoms. The molecule has 1 heterocycles. The summed E-state index contributed by atoms with van der Waals surface area (Å²) in [5.74, 6) is 0. The second kappa shape index (κ2) is 5.45. The maximum absolute atomic E-state index is 12.0. The Morgan fingerprint density at radius 1 is 0.826 bits per heavy atom. The summed E-state index contributed by atoms with van der Waals surface area (Å²) in [6.45, 7) is 0. The van der Waals surface area contributed by atoms with Gasteiger partial charge in [-0.3, -0.25) is 0 Å². The molecule has 0 amide bonds. The van der Waals surface area contributed by atoms with Gasteiger partial charge < -0.3 is 9.73 Å². The zero-order valence-corrected chi connectivity index (χ0v) is 12.8. The number of rotatable bonds is 2. The molecular formula is C19H12ClNO2. The van der Waals surface area contributed by atoms with Gasteiger partial charge in [0, 0.05) is 11.1 Å². The van der Waals surface area contributed by atoms with Gasteiger partial charge in [0.05, 0.1) is 16.1 Å². The van der Waals surface area contributed by atoms with E-state index >= 15 is 0 Å². The summed E-state index contributed by atoms with van der Waals surface area (Å²) in [5.41, 5.74) is 1.96. The molecule has 0 radical (unpaired) electrons. The van der Waals surface area contributed by atoms with E-state index in [-0.39, 0.29) is 5.63 Å². The Bertz CT molecular complexity index is 1090. The van der Waals surface area contributed by atoms with Gasteiger partial charge in [-0.2, -0.15) is 0 Å². The van der Waals surface area contributed by atoms with Crippen LogP contribution in [-0.4, -0.2) is 0 Å². The zero-order valence-electron chi connectivity index (χ0n) is 12.0. The van der Waals surface area contributed by atoms with Crippen LogP contribution >= 0.6 is 11.6 Å². The standard InChI is InChI=1S/C19H12ClNO2/c20-16-7-3-4-8-17(16)21-12-9-10-18-15(11-12)13-5-1-2-6-14(13)19(22)23-18/h1-11,21H. The third kappa shape index (κ3) is 2.45. The molecule has 3 nitrogen and oxygen atoms in total. The number of para-hydroxylation sites is 1. The van der Waals surface area contributed by atoms with E-state index < -0.39 is 0 Å². The molecule has 0 fully saturated rings. The lowest BCUT2D eigenvalue weighted by molar-refractivity contribution is 0.570. The monoisotopic (exact) mass is 321 g/mol. The molecule has 0 aliphatic carbocycles. The van der Waals surface area contributed by atoms with Crippen molar-refractivity contribution in [2.24, 2.45) is 0 Å². The first-order chi connectivity index (χ1) is 11.2. The van der Waals surface area contributed by atoms with Crippen molar-refractivity contribution in [1.82, 2.24) is 0 Å². The average Bonchev–Trinajstić information content (AvgIpc) is 2.58. The van der Waals surface area contributed by atoms with Crippen molar-refractivity contribution < 1.29 is 4.42 Å². The number of anilines is 2. The van der Waals surface area contributed by atoms with E-state index in [1.165, 1.54) is 0 Å². The van der Waals surface area contributed by atoms with Crippen LogP contribution in [0.25, 0.3) is 21.7 Å². The number of hydrogen-bond acceptors (Lipinski definition) is 3. The van der Waals surface area contributed by atoms with Gasteiger partial charge in [-0.15, -0.1) is 0 Å². The van der Waals surface area contributed by atoms with Crippen LogP contribution in [0.5, 0.6) is 0 Å². The molecular weight excluding hydrogens is 310 g/mol. The highest BCUT2D eigenvalue weighted by atomic mass is 35.5. The number of fused-ring (bicyclic) bond motifs is 3. The summed E-state index contributed by atoms with van der Waals surface area (Å²) >= 11 is 6.19. The van der Waals surface area contributed by atoms with E-state index in [1.54, 1.807) is 12.1 Å². The van der Waals surface area contributed by atoms with Gasteiger partial charge in [-0.25, -0.2) is 4.79 Å². The number of benzene rings is 3. The molecule has 0 aliphatic heterocycles. The first-order valence-electron chi connectivity index (χ1n) is 7.19. The number of halogens is 1.